The first kappa shape index (κ1) is 21.2. The number of carbonyl (C=O) groups excluding carboxylic acids is 1. The smallest absolute Gasteiger partial charge is 0.273 e. The zero-order chi connectivity index (χ0) is 22.1. The molecule has 31 heavy (non-hydrogen) atoms. The second-order valence-corrected chi connectivity index (χ2v) is 7.91. The van der Waals surface area contributed by atoms with Gasteiger partial charge in [-0.1, -0.05) is 23.7 Å². The molecule has 7 nitrogen and oxygen atoms in total. The van der Waals surface area contributed by atoms with Crippen LogP contribution in [0.4, 0.5) is 0 Å². The highest BCUT2D eigenvalue weighted by molar-refractivity contribution is 6.31. The van der Waals surface area contributed by atoms with Crippen LogP contribution < -0.4 is 4.74 Å². The maximum Gasteiger partial charge on any atom is 0.273 e. The average molecular weight is 442 g/mol. The van der Waals surface area contributed by atoms with Crippen molar-refractivity contribution >= 4 is 17.5 Å². The highest BCUT2D eigenvalue weighted by Gasteiger charge is 2.42. The van der Waals surface area contributed by atoms with Crippen molar-refractivity contribution in [3.05, 3.63) is 63.8 Å². The number of aryl methyl sites for hydroxylation is 1. The van der Waals surface area contributed by atoms with E-state index in [1.54, 1.807) is 31.3 Å². The number of amides is 1. The molecule has 0 fully saturated rings. The summed E-state index contributed by atoms with van der Waals surface area (Å²) in [6.07, 6.45) is 0.698. The maximum absolute atomic E-state index is 13.2. The maximum atomic E-state index is 13.2. The van der Waals surface area contributed by atoms with Crippen molar-refractivity contribution in [1.82, 2.24) is 15.1 Å². The van der Waals surface area contributed by atoms with Gasteiger partial charge < -0.3 is 19.5 Å². The SMILES string of the molecule is COCCCN1C(=O)c2[nH]nc(-c3cc(Cl)c(C)cc3O)c2C1c1ccc(OC)cc1. The third-order valence-electron chi connectivity index (χ3n) is 5.57. The summed E-state index contributed by atoms with van der Waals surface area (Å²) in [6.45, 7) is 2.89. The predicted molar refractivity (Wildman–Crippen MR) is 118 cm³/mol. The molecular weight excluding hydrogens is 418 g/mol. The lowest BCUT2D eigenvalue weighted by molar-refractivity contribution is 0.0723. The number of ether oxygens (including phenoxy) is 2. The first-order valence-corrected chi connectivity index (χ1v) is 10.4. The number of hydrogen-bond donors (Lipinski definition) is 2. The molecule has 1 unspecified atom stereocenters. The molecule has 0 aliphatic carbocycles. The molecule has 162 valence electrons. The number of H-pyrrole nitrogens is 1. The Morgan fingerprint density at radius 3 is 2.65 bits per heavy atom. The van der Waals surface area contributed by atoms with Gasteiger partial charge in [0.25, 0.3) is 5.91 Å². The summed E-state index contributed by atoms with van der Waals surface area (Å²) in [5.74, 6) is 0.660. The fourth-order valence-corrected chi connectivity index (χ4v) is 4.16. The van der Waals surface area contributed by atoms with Crippen molar-refractivity contribution in [2.45, 2.75) is 19.4 Å². The lowest BCUT2D eigenvalue weighted by atomic mass is 9.95. The summed E-state index contributed by atoms with van der Waals surface area (Å²) < 4.78 is 10.5. The molecule has 0 saturated carbocycles. The summed E-state index contributed by atoms with van der Waals surface area (Å²) in [7, 11) is 3.25. The number of hydrogen-bond acceptors (Lipinski definition) is 5. The number of nitrogens with one attached hydrogen (secondary N) is 1. The van der Waals surface area contributed by atoms with Gasteiger partial charge in [0, 0.05) is 36.4 Å². The molecular formula is C23H24ClN3O4. The minimum atomic E-state index is -0.363. The van der Waals surface area contributed by atoms with Crippen LogP contribution in [-0.4, -0.2) is 53.5 Å². The van der Waals surface area contributed by atoms with E-state index in [0.717, 1.165) is 22.4 Å². The second kappa shape index (κ2) is 8.61. The molecule has 1 aromatic heterocycles. The fourth-order valence-electron chi connectivity index (χ4n) is 4.00. The van der Waals surface area contributed by atoms with Crippen LogP contribution in [0.5, 0.6) is 11.5 Å². The molecule has 2 heterocycles. The zero-order valence-electron chi connectivity index (χ0n) is 17.6. The molecule has 0 spiro atoms. The van der Waals surface area contributed by atoms with Gasteiger partial charge in [-0.2, -0.15) is 5.10 Å². The molecule has 1 aliphatic heterocycles. The molecule has 0 saturated heterocycles. The Morgan fingerprint density at radius 2 is 1.97 bits per heavy atom. The van der Waals surface area contributed by atoms with Crippen molar-refractivity contribution in [2.75, 3.05) is 27.4 Å². The van der Waals surface area contributed by atoms with Crippen LogP contribution in [0.3, 0.4) is 0 Å². The Labute approximate surface area is 185 Å². The number of nitrogens with zero attached hydrogens (tertiary/aromatic N) is 2. The normalized spacial score (nSPS) is 15.4. The van der Waals surface area contributed by atoms with Crippen molar-refractivity contribution in [1.29, 1.82) is 0 Å². The van der Waals surface area contributed by atoms with Gasteiger partial charge in [0.15, 0.2) is 0 Å². The molecule has 3 aromatic rings. The third-order valence-corrected chi connectivity index (χ3v) is 5.98. The lowest BCUT2D eigenvalue weighted by Crippen LogP contribution is -2.31. The number of fused-ring (bicyclic) bond motifs is 1. The van der Waals surface area contributed by atoms with Crippen molar-refractivity contribution < 1.29 is 19.4 Å². The first-order chi connectivity index (χ1) is 15.0. The summed E-state index contributed by atoms with van der Waals surface area (Å²) in [4.78, 5) is 15.1. The van der Waals surface area contributed by atoms with E-state index in [4.69, 9.17) is 21.1 Å². The fraction of sp³-hybridized carbons (Fsp3) is 0.304. The van der Waals surface area contributed by atoms with E-state index in [9.17, 15) is 9.90 Å². The Morgan fingerprint density at radius 1 is 1.23 bits per heavy atom. The molecule has 2 N–H and O–H groups in total. The average Bonchev–Trinajstić information content (AvgIpc) is 3.30. The van der Waals surface area contributed by atoms with E-state index in [1.807, 2.05) is 31.2 Å². The predicted octanol–water partition coefficient (Wildman–Crippen LogP) is 4.33. The van der Waals surface area contributed by atoms with Crippen LogP contribution in [0.2, 0.25) is 5.02 Å². The summed E-state index contributed by atoms with van der Waals surface area (Å²) >= 11 is 6.33. The Kier molecular flexibility index (Phi) is 5.89. The molecule has 1 aliphatic rings. The van der Waals surface area contributed by atoms with Crippen LogP contribution >= 0.6 is 11.6 Å². The van der Waals surface area contributed by atoms with E-state index < -0.39 is 0 Å². The topological polar surface area (TPSA) is 87.7 Å². The van der Waals surface area contributed by atoms with E-state index >= 15 is 0 Å². The quantitative estimate of drug-likeness (QED) is 0.533. The highest BCUT2D eigenvalue weighted by Crippen LogP contribution is 2.45. The number of carbonyl (C=O) groups is 1. The van der Waals surface area contributed by atoms with Gasteiger partial charge in [0.2, 0.25) is 0 Å². The highest BCUT2D eigenvalue weighted by atomic mass is 35.5. The van der Waals surface area contributed by atoms with Crippen LogP contribution in [0.25, 0.3) is 11.3 Å². The lowest BCUT2D eigenvalue weighted by Gasteiger charge is -2.26. The largest absolute Gasteiger partial charge is 0.507 e. The minimum absolute atomic E-state index is 0.0648. The Hall–Kier alpha value is -3.03. The molecule has 0 bridgehead atoms. The Balaban J connectivity index is 1.84. The molecule has 4 rings (SSSR count). The van der Waals surface area contributed by atoms with Crippen LogP contribution in [0, 0.1) is 6.92 Å². The van der Waals surface area contributed by atoms with E-state index in [0.29, 0.717) is 41.5 Å². The van der Waals surface area contributed by atoms with Gasteiger partial charge >= 0.3 is 0 Å². The number of benzene rings is 2. The number of phenolic OH excluding ortho intramolecular Hbond substituents is 1. The van der Waals surface area contributed by atoms with Gasteiger partial charge in [0.1, 0.15) is 22.9 Å². The monoisotopic (exact) mass is 441 g/mol. The van der Waals surface area contributed by atoms with Gasteiger partial charge in [-0.25, -0.2) is 0 Å². The summed E-state index contributed by atoms with van der Waals surface area (Å²) in [5, 5.41) is 18.4. The number of aromatic amines is 1. The third kappa shape index (κ3) is 3.75. The second-order valence-electron chi connectivity index (χ2n) is 7.50. The summed E-state index contributed by atoms with van der Waals surface area (Å²) in [5.41, 5.74) is 3.83. The molecule has 1 atom stereocenters. The van der Waals surface area contributed by atoms with Gasteiger partial charge in [-0.3, -0.25) is 9.89 Å². The van der Waals surface area contributed by atoms with Gasteiger partial charge in [0.05, 0.1) is 13.2 Å². The number of phenols is 1. The van der Waals surface area contributed by atoms with Crippen molar-refractivity contribution in [2.24, 2.45) is 0 Å². The first-order valence-electron chi connectivity index (χ1n) is 9.97. The van der Waals surface area contributed by atoms with Gasteiger partial charge in [-0.15, -0.1) is 0 Å². The van der Waals surface area contributed by atoms with Crippen molar-refractivity contribution in [3.8, 4) is 22.8 Å². The van der Waals surface area contributed by atoms with E-state index in [2.05, 4.69) is 10.2 Å². The molecule has 0 radical (unpaired) electrons. The van der Waals surface area contributed by atoms with Crippen LogP contribution in [0.1, 0.15) is 39.6 Å². The van der Waals surface area contributed by atoms with Crippen LogP contribution in [0.15, 0.2) is 36.4 Å². The van der Waals surface area contributed by atoms with E-state index in [1.165, 1.54) is 0 Å². The number of aromatic nitrogens is 2. The molecule has 2 aromatic carbocycles. The standard InChI is InChI=1S/C23H24ClN3O4/c1-13-11-18(28)16(12-17(13)24)20-19-21(26-25-20)23(29)27(9-4-10-30-2)22(19)14-5-7-15(31-3)8-6-14/h5-8,11-12,22,28H,4,9-10H2,1-3H3,(H,25,26). The van der Waals surface area contributed by atoms with E-state index in [-0.39, 0.29) is 17.7 Å². The number of aromatic hydroxyl groups is 1. The number of rotatable bonds is 7. The minimum Gasteiger partial charge on any atom is -0.507 e. The summed E-state index contributed by atoms with van der Waals surface area (Å²) in [6, 6.07) is 10.5. The molecule has 1 amide bonds. The molecule has 8 heteroatoms. The number of halogens is 1. The number of methoxy groups -OCH3 is 2. The zero-order valence-corrected chi connectivity index (χ0v) is 18.4. The van der Waals surface area contributed by atoms with Crippen LogP contribution in [-0.2, 0) is 4.74 Å². The Bertz CT molecular complexity index is 1110. The van der Waals surface area contributed by atoms with Crippen molar-refractivity contribution in [3.63, 3.8) is 0 Å². The van der Waals surface area contributed by atoms with Gasteiger partial charge in [-0.05, 0) is 48.7 Å².